The van der Waals surface area contributed by atoms with E-state index in [0.29, 0.717) is 46.0 Å². The molecule has 6 aromatic rings. The molecule has 0 unspecified atom stereocenters. The summed E-state index contributed by atoms with van der Waals surface area (Å²) in [6.45, 7) is 7.61. The Labute approximate surface area is 291 Å². The van der Waals surface area contributed by atoms with Gasteiger partial charge in [-0.25, -0.2) is 18.4 Å². The number of amides is 1. The third kappa shape index (κ3) is 7.48. The smallest absolute Gasteiger partial charge is 0.267 e. The zero-order valence-corrected chi connectivity index (χ0v) is 28.0. The highest BCUT2D eigenvalue weighted by Gasteiger charge is 2.21. The summed E-state index contributed by atoms with van der Waals surface area (Å²) in [5.41, 5.74) is 2.05. The number of nitrogens with one attached hydrogen (secondary N) is 2. The molecule has 0 aliphatic heterocycles. The van der Waals surface area contributed by atoms with Crippen molar-refractivity contribution in [2.24, 2.45) is 0 Å². The molecule has 1 amide bonds. The zero-order valence-electron chi connectivity index (χ0n) is 28.0. The molecule has 0 spiro atoms. The molecule has 0 radical (unpaired) electrons. The maximum absolute atomic E-state index is 15.6. The van der Waals surface area contributed by atoms with E-state index in [1.54, 1.807) is 31.7 Å². The first-order valence-corrected chi connectivity index (χ1v) is 15.9. The molecule has 3 aromatic carbocycles. The van der Waals surface area contributed by atoms with Crippen molar-refractivity contribution in [2.75, 3.05) is 24.4 Å². The summed E-state index contributed by atoms with van der Waals surface area (Å²) in [6.07, 6.45) is 3.04. The van der Waals surface area contributed by atoms with E-state index in [1.165, 1.54) is 59.4 Å². The molecule has 0 saturated carbocycles. The van der Waals surface area contributed by atoms with E-state index in [4.69, 9.17) is 14.6 Å². The summed E-state index contributed by atoms with van der Waals surface area (Å²) < 4.78 is 43.4. The Morgan fingerprint density at radius 1 is 1.02 bits per heavy atom. The molecule has 6 rings (SSSR count). The Bertz CT molecular complexity index is 2300. The van der Waals surface area contributed by atoms with Crippen LogP contribution in [0.15, 0.2) is 103 Å². The van der Waals surface area contributed by atoms with Crippen molar-refractivity contribution < 1.29 is 28.2 Å². The van der Waals surface area contributed by atoms with E-state index in [1.807, 2.05) is 24.3 Å². The first-order valence-electron chi connectivity index (χ1n) is 15.9. The molecule has 1 atom stereocenters. The molecule has 0 bridgehead atoms. The lowest BCUT2D eigenvalue weighted by Crippen LogP contribution is -2.28. The Morgan fingerprint density at radius 3 is 2.43 bits per heavy atom. The lowest BCUT2D eigenvalue weighted by Gasteiger charge is -2.14. The van der Waals surface area contributed by atoms with Crippen molar-refractivity contribution in [3.63, 3.8) is 0 Å². The number of anilines is 2. The van der Waals surface area contributed by atoms with Crippen LogP contribution in [-0.4, -0.2) is 50.1 Å². The molecule has 260 valence electrons. The maximum Gasteiger partial charge on any atom is 0.267 e. The Kier molecular flexibility index (Phi) is 9.91. The second-order valence-corrected chi connectivity index (χ2v) is 11.9. The van der Waals surface area contributed by atoms with Crippen LogP contribution in [0.25, 0.3) is 22.3 Å². The highest BCUT2D eigenvalue weighted by atomic mass is 19.1. The summed E-state index contributed by atoms with van der Waals surface area (Å²) in [7, 11) is 1.59. The van der Waals surface area contributed by atoms with Crippen LogP contribution in [0.5, 0.6) is 17.2 Å². The highest BCUT2D eigenvalue weighted by Crippen LogP contribution is 2.36. The SMILES string of the molecule is C=C(C)c1cc(C(=O)Nc2ccc(Oc3ccnc4c3c(N[C@H](C)CO)nn4Cc3ccc(OC)cc3)c(F)c2)c(=O)n(-c2ccc(F)cc2)c1. The van der Waals surface area contributed by atoms with E-state index in [-0.39, 0.29) is 35.4 Å². The van der Waals surface area contributed by atoms with Crippen LogP contribution in [0.3, 0.4) is 0 Å². The van der Waals surface area contributed by atoms with Crippen molar-refractivity contribution >= 4 is 34.0 Å². The predicted molar refractivity (Wildman–Crippen MR) is 191 cm³/mol. The van der Waals surface area contributed by atoms with Gasteiger partial charge in [0.25, 0.3) is 11.5 Å². The van der Waals surface area contributed by atoms with Crippen LogP contribution in [0.4, 0.5) is 20.3 Å². The second kappa shape index (κ2) is 14.6. The van der Waals surface area contributed by atoms with Gasteiger partial charge in [0.05, 0.1) is 20.3 Å². The number of hydrogen-bond donors (Lipinski definition) is 3. The predicted octanol–water partition coefficient (Wildman–Crippen LogP) is 6.79. The van der Waals surface area contributed by atoms with E-state index in [9.17, 15) is 19.1 Å². The fraction of sp³-hybridized carbons (Fsp3) is 0.158. The van der Waals surface area contributed by atoms with Crippen LogP contribution in [0.2, 0.25) is 0 Å². The van der Waals surface area contributed by atoms with E-state index in [0.717, 1.165) is 11.6 Å². The van der Waals surface area contributed by atoms with Gasteiger partial charge in [0.1, 0.15) is 28.3 Å². The topological polar surface area (TPSA) is 133 Å². The number of halogens is 2. The van der Waals surface area contributed by atoms with Crippen molar-refractivity contribution in [2.45, 2.75) is 26.4 Å². The number of aliphatic hydroxyl groups excluding tert-OH is 1. The quantitative estimate of drug-likeness (QED) is 0.128. The fourth-order valence-corrected chi connectivity index (χ4v) is 5.30. The monoisotopic (exact) mass is 692 g/mol. The summed E-state index contributed by atoms with van der Waals surface area (Å²) in [6, 6.07) is 19.2. The van der Waals surface area contributed by atoms with Gasteiger partial charge >= 0.3 is 0 Å². The number of hydrogen-bond acceptors (Lipinski definition) is 8. The summed E-state index contributed by atoms with van der Waals surface area (Å²) in [5.74, 6) is -0.837. The molecule has 51 heavy (non-hydrogen) atoms. The minimum Gasteiger partial charge on any atom is -0.497 e. The first kappa shape index (κ1) is 34.5. The van der Waals surface area contributed by atoms with Gasteiger partial charge < -0.3 is 25.2 Å². The van der Waals surface area contributed by atoms with E-state index >= 15 is 4.39 Å². The number of aromatic nitrogens is 4. The van der Waals surface area contributed by atoms with Crippen LogP contribution < -0.4 is 25.7 Å². The largest absolute Gasteiger partial charge is 0.497 e. The van der Waals surface area contributed by atoms with Gasteiger partial charge in [-0.2, -0.15) is 5.10 Å². The van der Waals surface area contributed by atoms with E-state index < -0.39 is 23.1 Å². The Balaban J connectivity index is 1.28. The standard InChI is InChI=1S/C38H34F2N6O5/c1-22(2)25-17-30(38(49)45(20-25)28-10-7-26(39)8-11-28)37(48)43-27-9-14-32(31(40)18-27)51-33-15-16-41-36-34(33)35(42-23(3)21-47)44-46(36)19-24-5-12-29(50-4)13-6-24/h5-18,20,23,47H,1,19,21H2,2-4H3,(H,42,44)(H,43,48)/t23-/m1/s1. The minimum absolute atomic E-state index is 0.0737. The van der Waals surface area contributed by atoms with Gasteiger partial charge in [-0.1, -0.05) is 18.7 Å². The highest BCUT2D eigenvalue weighted by molar-refractivity contribution is 6.04. The van der Waals surface area contributed by atoms with Crippen molar-refractivity contribution in [3.8, 4) is 22.9 Å². The number of methoxy groups -OCH3 is 1. The van der Waals surface area contributed by atoms with Gasteiger partial charge in [-0.3, -0.25) is 14.2 Å². The summed E-state index contributed by atoms with van der Waals surface area (Å²) in [4.78, 5) is 31.3. The maximum atomic E-state index is 15.6. The molecule has 0 saturated heterocycles. The first-order chi connectivity index (χ1) is 24.5. The Hall–Kier alpha value is -6.34. The normalized spacial score (nSPS) is 11.6. The molecule has 3 N–H and O–H groups in total. The van der Waals surface area contributed by atoms with Crippen molar-refractivity contribution in [1.82, 2.24) is 19.3 Å². The lowest BCUT2D eigenvalue weighted by atomic mass is 10.1. The van der Waals surface area contributed by atoms with Crippen LogP contribution >= 0.6 is 0 Å². The third-order valence-electron chi connectivity index (χ3n) is 8.01. The zero-order chi connectivity index (χ0) is 36.2. The van der Waals surface area contributed by atoms with Crippen LogP contribution in [-0.2, 0) is 6.54 Å². The summed E-state index contributed by atoms with van der Waals surface area (Å²) in [5, 5.41) is 20.6. The molecule has 0 fully saturated rings. The number of carbonyl (C=O) groups excluding carboxylic acids is 1. The second-order valence-electron chi connectivity index (χ2n) is 11.9. The van der Waals surface area contributed by atoms with Crippen molar-refractivity contribution in [3.05, 3.63) is 137 Å². The van der Waals surface area contributed by atoms with Gasteiger partial charge in [-0.05, 0) is 85.1 Å². The fourth-order valence-electron chi connectivity index (χ4n) is 5.30. The number of carbonyl (C=O) groups is 1. The number of ether oxygens (including phenoxy) is 2. The molecule has 3 aromatic heterocycles. The van der Waals surface area contributed by atoms with Gasteiger partial charge in [0.15, 0.2) is 23.0 Å². The van der Waals surface area contributed by atoms with Crippen LogP contribution in [0, 0.1) is 11.6 Å². The molecule has 0 aliphatic rings. The average molecular weight is 693 g/mol. The molecule has 0 aliphatic carbocycles. The number of aliphatic hydroxyl groups is 1. The number of benzene rings is 3. The minimum atomic E-state index is -0.791. The molecule has 11 nitrogen and oxygen atoms in total. The average Bonchev–Trinajstić information content (AvgIpc) is 3.47. The summed E-state index contributed by atoms with van der Waals surface area (Å²) >= 11 is 0. The molecular weight excluding hydrogens is 658 g/mol. The molecule has 13 heteroatoms. The Morgan fingerprint density at radius 2 is 1.76 bits per heavy atom. The number of fused-ring (bicyclic) bond motifs is 1. The number of nitrogens with zero attached hydrogens (tertiary/aromatic N) is 4. The van der Waals surface area contributed by atoms with Crippen LogP contribution in [0.1, 0.15) is 35.3 Å². The van der Waals surface area contributed by atoms with E-state index in [2.05, 4.69) is 22.2 Å². The van der Waals surface area contributed by atoms with Gasteiger partial charge in [0, 0.05) is 41.9 Å². The number of rotatable bonds is 12. The number of allylic oxidation sites excluding steroid dienone is 1. The third-order valence-corrected chi connectivity index (χ3v) is 8.01. The van der Waals surface area contributed by atoms with Gasteiger partial charge in [0.2, 0.25) is 0 Å². The molecular formula is C38H34F2N6O5. The molecule has 3 heterocycles. The van der Waals surface area contributed by atoms with Crippen molar-refractivity contribution in [1.29, 1.82) is 0 Å². The van der Waals surface area contributed by atoms with Gasteiger partial charge in [-0.15, -0.1) is 0 Å². The lowest BCUT2D eigenvalue weighted by molar-refractivity contribution is 0.102. The number of pyridine rings is 2.